The standard InChI is InChI=1S/C14H31N3O2/c1-7-17(8-2)10-9-15-12(3)11-16-13(18)19-14(4,5)6/h12,15H,7-11H2,1-6H3,(H,16,18). The van der Waals surface area contributed by atoms with Crippen LogP contribution < -0.4 is 10.6 Å². The molecule has 0 saturated heterocycles. The van der Waals surface area contributed by atoms with Gasteiger partial charge in [-0.1, -0.05) is 13.8 Å². The number of amides is 1. The third-order valence-electron chi connectivity index (χ3n) is 2.77. The van der Waals surface area contributed by atoms with Crippen LogP contribution in [-0.4, -0.2) is 55.4 Å². The van der Waals surface area contributed by atoms with E-state index in [0.29, 0.717) is 6.54 Å². The molecule has 0 aromatic carbocycles. The van der Waals surface area contributed by atoms with Gasteiger partial charge in [-0.15, -0.1) is 0 Å². The number of hydrogen-bond acceptors (Lipinski definition) is 4. The van der Waals surface area contributed by atoms with Gasteiger partial charge in [-0.2, -0.15) is 0 Å². The van der Waals surface area contributed by atoms with E-state index in [0.717, 1.165) is 26.2 Å². The molecule has 0 aliphatic carbocycles. The molecule has 2 N–H and O–H groups in total. The minimum absolute atomic E-state index is 0.239. The van der Waals surface area contributed by atoms with Crippen LogP contribution in [-0.2, 0) is 4.74 Å². The Kier molecular flexibility index (Phi) is 8.76. The highest BCUT2D eigenvalue weighted by molar-refractivity contribution is 5.67. The Morgan fingerprint density at radius 1 is 1.26 bits per heavy atom. The van der Waals surface area contributed by atoms with Crippen molar-refractivity contribution in [2.45, 2.75) is 53.2 Å². The summed E-state index contributed by atoms with van der Waals surface area (Å²) in [6.07, 6.45) is -0.357. The van der Waals surface area contributed by atoms with Crippen molar-refractivity contribution in [1.82, 2.24) is 15.5 Å². The van der Waals surface area contributed by atoms with Gasteiger partial charge in [0.1, 0.15) is 5.60 Å². The van der Waals surface area contributed by atoms with Gasteiger partial charge in [0.2, 0.25) is 0 Å². The molecule has 0 saturated carbocycles. The molecule has 1 amide bonds. The molecule has 5 heteroatoms. The summed E-state index contributed by atoms with van der Waals surface area (Å²) in [6, 6.07) is 0.239. The molecule has 0 bridgehead atoms. The quantitative estimate of drug-likeness (QED) is 0.708. The maximum Gasteiger partial charge on any atom is 0.407 e. The zero-order valence-electron chi connectivity index (χ0n) is 13.4. The van der Waals surface area contributed by atoms with Crippen LogP contribution in [0.4, 0.5) is 4.79 Å². The van der Waals surface area contributed by atoms with Gasteiger partial charge in [-0.25, -0.2) is 4.79 Å². The lowest BCUT2D eigenvalue weighted by Crippen LogP contribution is -2.43. The maximum absolute atomic E-state index is 11.5. The second-order valence-electron chi connectivity index (χ2n) is 5.76. The summed E-state index contributed by atoms with van der Waals surface area (Å²) in [5, 5.41) is 6.16. The number of ether oxygens (including phenoxy) is 1. The Labute approximate surface area is 118 Å². The van der Waals surface area contributed by atoms with E-state index in [1.54, 1.807) is 0 Å². The van der Waals surface area contributed by atoms with E-state index in [1.165, 1.54) is 0 Å². The van der Waals surface area contributed by atoms with Crippen molar-refractivity contribution in [3.8, 4) is 0 Å². The lowest BCUT2D eigenvalue weighted by molar-refractivity contribution is 0.0523. The first kappa shape index (κ1) is 18.2. The van der Waals surface area contributed by atoms with Gasteiger partial charge in [0.05, 0.1) is 0 Å². The molecular formula is C14H31N3O2. The maximum atomic E-state index is 11.5. The van der Waals surface area contributed by atoms with Crippen molar-refractivity contribution in [1.29, 1.82) is 0 Å². The molecule has 0 fully saturated rings. The number of nitrogens with zero attached hydrogens (tertiary/aromatic N) is 1. The largest absolute Gasteiger partial charge is 0.444 e. The molecule has 5 nitrogen and oxygen atoms in total. The Morgan fingerprint density at radius 2 is 1.84 bits per heavy atom. The van der Waals surface area contributed by atoms with E-state index in [2.05, 4.69) is 36.3 Å². The van der Waals surface area contributed by atoms with Crippen LogP contribution in [0.1, 0.15) is 41.5 Å². The highest BCUT2D eigenvalue weighted by Crippen LogP contribution is 2.06. The number of rotatable bonds is 8. The second-order valence-corrected chi connectivity index (χ2v) is 5.76. The molecule has 114 valence electrons. The van der Waals surface area contributed by atoms with E-state index >= 15 is 0 Å². The van der Waals surface area contributed by atoms with Crippen molar-refractivity contribution < 1.29 is 9.53 Å². The summed E-state index contributed by atoms with van der Waals surface area (Å²) in [6.45, 7) is 16.6. The summed E-state index contributed by atoms with van der Waals surface area (Å²) in [4.78, 5) is 13.8. The predicted octanol–water partition coefficient (Wildman–Crippen LogP) is 1.83. The van der Waals surface area contributed by atoms with E-state index in [-0.39, 0.29) is 12.1 Å². The van der Waals surface area contributed by atoms with E-state index in [9.17, 15) is 4.79 Å². The first-order valence-electron chi connectivity index (χ1n) is 7.21. The van der Waals surface area contributed by atoms with Crippen molar-refractivity contribution >= 4 is 6.09 Å². The smallest absolute Gasteiger partial charge is 0.407 e. The number of nitrogens with one attached hydrogen (secondary N) is 2. The van der Waals surface area contributed by atoms with Crippen LogP contribution in [0.5, 0.6) is 0 Å². The predicted molar refractivity (Wildman–Crippen MR) is 79.5 cm³/mol. The average molecular weight is 273 g/mol. The van der Waals surface area contributed by atoms with E-state index < -0.39 is 5.60 Å². The van der Waals surface area contributed by atoms with Crippen molar-refractivity contribution in [2.24, 2.45) is 0 Å². The molecule has 0 spiro atoms. The first-order chi connectivity index (χ1) is 8.78. The average Bonchev–Trinajstić information content (AvgIpc) is 2.30. The summed E-state index contributed by atoms with van der Waals surface area (Å²) in [7, 11) is 0. The number of alkyl carbamates (subject to hydrolysis) is 1. The first-order valence-corrected chi connectivity index (χ1v) is 7.21. The summed E-state index contributed by atoms with van der Waals surface area (Å²) >= 11 is 0. The molecular weight excluding hydrogens is 242 g/mol. The second kappa shape index (κ2) is 9.15. The highest BCUT2D eigenvalue weighted by Gasteiger charge is 2.16. The zero-order chi connectivity index (χ0) is 14.9. The van der Waals surface area contributed by atoms with Gasteiger partial charge in [-0.05, 0) is 40.8 Å². The minimum atomic E-state index is -0.441. The monoisotopic (exact) mass is 273 g/mol. The van der Waals surface area contributed by atoms with Crippen LogP contribution in [0.2, 0.25) is 0 Å². The lowest BCUT2D eigenvalue weighted by atomic mass is 10.2. The molecule has 0 aliphatic rings. The van der Waals surface area contributed by atoms with Gasteiger partial charge >= 0.3 is 6.09 Å². The molecule has 0 rings (SSSR count). The fourth-order valence-electron chi connectivity index (χ4n) is 1.63. The van der Waals surface area contributed by atoms with Crippen LogP contribution >= 0.6 is 0 Å². The number of hydrogen-bond donors (Lipinski definition) is 2. The fraction of sp³-hybridized carbons (Fsp3) is 0.929. The van der Waals surface area contributed by atoms with E-state index in [1.807, 2.05) is 20.8 Å². The molecule has 1 atom stereocenters. The van der Waals surface area contributed by atoms with Crippen molar-refractivity contribution in [3.05, 3.63) is 0 Å². The highest BCUT2D eigenvalue weighted by atomic mass is 16.6. The molecule has 0 aromatic heterocycles. The zero-order valence-corrected chi connectivity index (χ0v) is 13.4. The van der Waals surface area contributed by atoms with Gasteiger partial charge < -0.3 is 20.3 Å². The third-order valence-corrected chi connectivity index (χ3v) is 2.77. The van der Waals surface area contributed by atoms with E-state index in [4.69, 9.17) is 4.74 Å². The fourth-order valence-corrected chi connectivity index (χ4v) is 1.63. The van der Waals surface area contributed by atoms with Crippen LogP contribution in [0.3, 0.4) is 0 Å². The third kappa shape index (κ3) is 10.8. The molecule has 0 radical (unpaired) electrons. The number of likely N-dealkylation sites (N-methyl/N-ethyl adjacent to an activating group) is 1. The molecule has 19 heavy (non-hydrogen) atoms. The van der Waals surface area contributed by atoms with Gasteiger partial charge in [0.15, 0.2) is 0 Å². The van der Waals surface area contributed by atoms with Crippen LogP contribution in [0, 0.1) is 0 Å². The van der Waals surface area contributed by atoms with Gasteiger partial charge in [-0.3, -0.25) is 0 Å². The Morgan fingerprint density at radius 3 is 2.32 bits per heavy atom. The molecule has 0 aromatic rings. The Bertz CT molecular complexity index is 248. The van der Waals surface area contributed by atoms with Crippen LogP contribution in [0.15, 0.2) is 0 Å². The summed E-state index contributed by atoms with van der Waals surface area (Å²) in [5.41, 5.74) is -0.441. The topological polar surface area (TPSA) is 53.6 Å². The summed E-state index contributed by atoms with van der Waals surface area (Å²) in [5.74, 6) is 0. The molecule has 0 aliphatic heterocycles. The molecule has 0 heterocycles. The minimum Gasteiger partial charge on any atom is -0.444 e. The number of carbonyl (C=O) groups excluding carboxylic acids is 1. The Balaban J connectivity index is 3.70. The molecule has 1 unspecified atom stereocenters. The Hall–Kier alpha value is -0.810. The number of carbonyl (C=O) groups is 1. The SMILES string of the molecule is CCN(CC)CCNC(C)CNC(=O)OC(C)(C)C. The van der Waals surface area contributed by atoms with Gasteiger partial charge in [0.25, 0.3) is 0 Å². The normalized spacial score (nSPS) is 13.4. The van der Waals surface area contributed by atoms with Gasteiger partial charge in [0, 0.05) is 25.7 Å². The van der Waals surface area contributed by atoms with Crippen molar-refractivity contribution in [2.75, 3.05) is 32.7 Å². The van der Waals surface area contributed by atoms with Crippen molar-refractivity contribution in [3.63, 3.8) is 0 Å². The van der Waals surface area contributed by atoms with Crippen LogP contribution in [0.25, 0.3) is 0 Å². The summed E-state index contributed by atoms with van der Waals surface area (Å²) < 4.78 is 5.18. The lowest BCUT2D eigenvalue weighted by Gasteiger charge is -2.22.